The molecule has 0 radical (unpaired) electrons. The molecule has 0 bridgehead atoms. The van der Waals surface area contributed by atoms with E-state index in [0.29, 0.717) is 17.3 Å². The van der Waals surface area contributed by atoms with Crippen LogP contribution in [0.4, 0.5) is 10.2 Å². The van der Waals surface area contributed by atoms with Crippen LogP contribution in [0, 0.1) is 5.82 Å². The van der Waals surface area contributed by atoms with Gasteiger partial charge >= 0.3 is 0 Å². The van der Waals surface area contributed by atoms with Gasteiger partial charge in [0.05, 0.1) is 16.6 Å². The lowest BCUT2D eigenvalue weighted by molar-refractivity contribution is 0.248. The number of hydrogen-bond donors (Lipinski definition) is 1. The van der Waals surface area contributed by atoms with Crippen molar-refractivity contribution in [1.82, 2.24) is 14.9 Å². The fourth-order valence-corrected chi connectivity index (χ4v) is 5.58. The molecule has 1 atom stereocenters. The summed E-state index contributed by atoms with van der Waals surface area (Å²) >= 11 is 8.31. The van der Waals surface area contributed by atoms with E-state index >= 15 is 0 Å². The van der Waals surface area contributed by atoms with Crippen molar-refractivity contribution in [3.8, 4) is 17.1 Å². The molecule has 2 aromatic heterocycles. The quantitative estimate of drug-likeness (QED) is 0.157. The number of halogens is 2. The third-order valence-electron chi connectivity index (χ3n) is 6.97. The molecule has 2 heterocycles. The Morgan fingerprint density at radius 2 is 1.93 bits per heavy atom. The molecular formula is C32H32ClFN4O2S. The molecule has 0 aliphatic carbocycles. The van der Waals surface area contributed by atoms with Gasteiger partial charge in [-0.15, -0.1) is 0 Å². The van der Waals surface area contributed by atoms with Crippen LogP contribution in [0.15, 0.2) is 83.5 Å². The second kappa shape index (κ2) is 13.4. The summed E-state index contributed by atoms with van der Waals surface area (Å²) in [5.41, 5.74) is 3.50. The van der Waals surface area contributed by atoms with E-state index in [0.717, 1.165) is 57.2 Å². The normalized spacial score (nSPS) is 12.1. The molecule has 0 aliphatic rings. The molecule has 3 aromatic carbocycles. The Balaban J connectivity index is 1.30. The third-order valence-corrected chi connectivity index (χ3v) is 7.91. The smallest absolute Gasteiger partial charge is 0.138 e. The number of ether oxygens (including phenoxy) is 1. The minimum absolute atomic E-state index is 0.217. The molecular weight excluding hydrogens is 559 g/mol. The van der Waals surface area contributed by atoms with Gasteiger partial charge in [0.2, 0.25) is 0 Å². The summed E-state index contributed by atoms with van der Waals surface area (Å²) in [5, 5.41) is 4.81. The molecule has 0 spiro atoms. The third kappa shape index (κ3) is 7.01. The van der Waals surface area contributed by atoms with Gasteiger partial charge in [0.15, 0.2) is 0 Å². The van der Waals surface area contributed by atoms with E-state index in [9.17, 15) is 4.39 Å². The van der Waals surface area contributed by atoms with Crippen LogP contribution in [0.1, 0.15) is 29.9 Å². The summed E-state index contributed by atoms with van der Waals surface area (Å²) in [6.07, 6.45) is 3.67. The number of aromatic nitrogens is 2. The van der Waals surface area contributed by atoms with Crippen LogP contribution in [0.2, 0.25) is 5.02 Å². The average Bonchev–Trinajstić information content (AvgIpc) is 3.47. The van der Waals surface area contributed by atoms with Gasteiger partial charge in [-0.05, 0) is 85.6 Å². The van der Waals surface area contributed by atoms with Gasteiger partial charge in [0, 0.05) is 23.2 Å². The van der Waals surface area contributed by atoms with Crippen molar-refractivity contribution in [3.05, 3.63) is 107 Å². The number of hydrogen-bond acceptors (Lipinski definition) is 7. The molecule has 5 aromatic rings. The lowest BCUT2D eigenvalue weighted by Gasteiger charge is -2.24. The van der Waals surface area contributed by atoms with Crippen LogP contribution in [-0.2, 0) is 13.2 Å². The summed E-state index contributed by atoms with van der Waals surface area (Å²) in [4.78, 5) is 11.3. The number of furan rings is 1. The van der Waals surface area contributed by atoms with E-state index in [-0.39, 0.29) is 18.5 Å². The predicted molar refractivity (Wildman–Crippen MR) is 166 cm³/mol. The highest BCUT2D eigenvalue weighted by Crippen LogP contribution is 2.32. The highest BCUT2D eigenvalue weighted by atomic mass is 35.5. The summed E-state index contributed by atoms with van der Waals surface area (Å²) in [6.45, 7) is 3.83. The second-order valence-corrected chi connectivity index (χ2v) is 11.1. The van der Waals surface area contributed by atoms with E-state index in [1.54, 1.807) is 12.4 Å². The number of nitrogens with one attached hydrogen (secondary N) is 1. The Labute approximate surface area is 248 Å². The first-order valence-electron chi connectivity index (χ1n) is 13.4. The number of anilines is 1. The number of thioether (sulfide) groups is 1. The Hall–Kier alpha value is -3.59. The van der Waals surface area contributed by atoms with Gasteiger partial charge in [-0.25, -0.2) is 14.4 Å². The van der Waals surface area contributed by atoms with E-state index in [2.05, 4.69) is 52.5 Å². The Morgan fingerprint density at radius 1 is 1.05 bits per heavy atom. The minimum Gasteiger partial charge on any atom is -0.487 e. The summed E-state index contributed by atoms with van der Waals surface area (Å²) < 4.78 is 25.6. The lowest BCUT2D eigenvalue weighted by Crippen LogP contribution is -2.25. The van der Waals surface area contributed by atoms with Gasteiger partial charge in [0.25, 0.3) is 0 Å². The molecule has 0 amide bonds. The maximum absolute atomic E-state index is 13.4. The van der Waals surface area contributed by atoms with Gasteiger partial charge in [-0.2, -0.15) is 11.8 Å². The number of fused-ring (bicyclic) bond motifs is 1. The Kier molecular flexibility index (Phi) is 9.44. The van der Waals surface area contributed by atoms with Crippen molar-refractivity contribution in [1.29, 1.82) is 0 Å². The zero-order valence-corrected chi connectivity index (χ0v) is 24.8. The van der Waals surface area contributed by atoms with Crippen molar-refractivity contribution in [2.45, 2.75) is 26.1 Å². The van der Waals surface area contributed by atoms with Crippen LogP contribution >= 0.6 is 23.4 Å². The van der Waals surface area contributed by atoms with Gasteiger partial charge in [-0.3, -0.25) is 4.90 Å². The molecule has 6 nitrogen and oxygen atoms in total. The molecule has 9 heteroatoms. The summed E-state index contributed by atoms with van der Waals surface area (Å²) in [5.74, 6) is 3.70. The van der Waals surface area contributed by atoms with Crippen molar-refractivity contribution in [3.63, 3.8) is 0 Å². The first-order valence-corrected chi connectivity index (χ1v) is 15.2. The Morgan fingerprint density at radius 3 is 2.71 bits per heavy atom. The molecule has 1 unspecified atom stereocenters. The Bertz CT molecular complexity index is 1630. The van der Waals surface area contributed by atoms with Crippen molar-refractivity contribution < 1.29 is 13.5 Å². The zero-order chi connectivity index (χ0) is 28.8. The highest BCUT2D eigenvalue weighted by molar-refractivity contribution is 7.98. The van der Waals surface area contributed by atoms with Gasteiger partial charge in [0.1, 0.15) is 41.8 Å². The molecule has 0 saturated carbocycles. The molecule has 41 heavy (non-hydrogen) atoms. The van der Waals surface area contributed by atoms with Gasteiger partial charge < -0.3 is 14.5 Å². The van der Waals surface area contributed by atoms with Crippen LogP contribution in [0.3, 0.4) is 0 Å². The fraction of sp³-hybridized carbons (Fsp3) is 0.250. The van der Waals surface area contributed by atoms with Crippen LogP contribution in [-0.4, -0.2) is 40.5 Å². The van der Waals surface area contributed by atoms with Crippen molar-refractivity contribution in [2.24, 2.45) is 0 Å². The highest BCUT2D eigenvalue weighted by Gasteiger charge is 2.20. The van der Waals surface area contributed by atoms with E-state index in [4.69, 9.17) is 20.8 Å². The maximum atomic E-state index is 13.4. The van der Waals surface area contributed by atoms with E-state index in [1.165, 1.54) is 12.1 Å². The number of rotatable bonds is 12. The van der Waals surface area contributed by atoms with Crippen molar-refractivity contribution in [2.75, 3.05) is 30.9 Å². The predicted octanol–water partition coefficient (Wildman–Crippen LogP) is 8.23. The van der Waals surface area contributed by atoms with Crippen molar-refractivity contribution >= 4 is 40.1 Å². The van der Waals surface area contributed by atoms with Crippen LogP contribution < -0.4 is 10.1 Å². The van der Waals surface area contributed by atoms with Crippen LogP contribution in [0.5, 0.6) is 5.75 Å². The van der Waals surface area contributed by atoms with E-state index in [1.807, 2.05) is 54.2 Å². The number of nitrogens with zero attached hydrogens (tertiary/aromatic N) is 3. The van der Waals surface area contributed by atoms with Crippen LogP contribution in [0.25, 0.3) is 22.2 Å². The SMILES string of the molecule is CCN(C)C(CSC)c1ccc(-c2ccc3ncnc(NCc4ccc(OCc5cccc(F)c5)c(Cl)c4)c3c2)o1. The first-order chi connectivity index (χ1) is 19.9. The monoisotopic (exact) mass is 590 g/mol. The molecule has 0 aliphatic heterocycles. The van der Waals surface area contributed by atoms with Gasteiger partial charge in [-0.1, -0.05) is 36.7 Å². The number of benzene rings is 3. The fourth-order valence-electron chi connectivity index (χ4n) is 4.59. The molecule has 5 rings (SSSR count). The first kappa shape index (κ1) is 28.9. The topological polar surface area (TPSA) is 63.4 Å². The maximum Gasteiger partial charge on any atom is 0.138 e. The summed E-state index contributed by atoms with van der Waals surface area (Å²) in [7, 11) is 2.12. The average molecular weight is 591 g/mol. The lowest BCUT2D eigenvalue weighted by atomic mass is 10.1. The minimum atomic E-state index is -0.295. The standard InChI is InChI=1S/C32H32ClFN4O2S/c1-4-38(2)28(19-41-3)31-13-12-29(40-31)23-9-10-27-25(16-23)32(37-20-36-27)35-17-21-8-11-30(26(33)15-21)39-18-22-6-5-7-24(34)14-22/h5-16,20,28H,4,17-19H2,1-3H3,(H,35,36,37). The molecule has 0 saturated heterocycles. The second-order valence-electron chi connectivity index (χ2n) is 9.74. The molecule has 1 N–H and O–H groups in total. The summed E-state index contributed by atoms with van der Waals surface area (Å²) in [6, 6.07) is 22.3. The molecule has 212 valence electrons. The zero-order valence-electron chi connectivity index (χ0n) is 23.2. The largest absolute Gasteiger partial charge is 0.487 e. The molecule has 0 fully saturated rings. The van der Waals surface area contributed by atoms with E-state index < -0.39 is 0 Å².